The Hall–Kier alpha value is -4.42. The molecule has 54 heavy (non-hydrogen) atoms. The number of hydrogen-bond acceptors (Lipinski definition) is 10. The summed E-state index contributed by atoms with van der Waals surface area (Å²) in [5.41, 5.74) is 5.31. The maximum atomic E-state index is 12.8. The van der Waals surface area contributed by atoms with E-state index in [9.17, 15) is 4.79 Å². The summed E-state index contributed by atoms with van der Waals surface area (Å²) in [5, 5.41) is 6.80. The Morgan fingerprint density at radius 1 is 1.06 bits per heavy atom. The first-order chi connectivity index (χ1) is 26.0. The van der Waals surface area contributed by atoms with Crippen molar-refractivity contribution in [2.75, 3.05) is 65.0 Å². The summed E-state index contributed by atoms with van der Waals surface area (Å²) in [7, 11) is 3.87. The van der Waals surface area contributed by atoms with Crippen molar-refractivity contribution in [3.8, 4) is 22.9 Å². The highest BCUT2D eigenvalue weighted by Crippen LogP contribution is 2.48. The lowest BCUT2D eigenvalue weighted by atomic mass is 9.72. The number of nitrogens with zero attached hydrogens (tertiary/aromatic N) is 7. The van der Waals surface area contributed by atoms with Gasteiger partial charge in [-0.15, -0.1) is 0 Å². The van der Waals surface area contributed by atoms with Gasteiger partial charge in [0.25, 0.3) is 0 Å². The van der Waals surface area contributed by atoms with Crippen molar-refractivity contribution in [3.05, 3.63) is 42.1 Å². The second kappa shape index (κ2) is 14.3. The number of methoxy groups -OCH3 is 1. The Bertz CT molecular complexity index is 2050. The van der Waals surface area contributed by atoms with Crippen molar-refractivity contribution in [1.82, 2.24) is 29.5 Å². The molecule has 0 bridgehead atoms. The van der Waals surface area contributed by atoms with Crippen molar-refractivity contribution >= 4 is 39.8 Å². The predicted molar refractivity (Wildman–Crippen MR) is 211 cm³/mol. The van der Waals surface area contributed by atoms with E-state index in [1.165, 1.54) is 0 Å². The quantitative estimate of drug-likeness (QED) is 0.179. The molecule has 0 N–H and O–H groups in total. The SMILES string of the molecule is C=Cc1cc2c(N3CCC4(CC3)CN(C(=O)OC(C)(C)C)C4)nc(OC[C@@H]3CCCN3C)nc2c(OC)c1-c1c(C)ccc2c1cnn2C1CCCCO1. The molecule has 2 atom stereocenters. The van der Waals surface area contributed by atoms with Crippen LogP contribution in [0.15, 0.2) is 31.0 Å². The molecule has 1 unspecified atom stereocenters. The normalized spacial score (nSPS) is 21.8. The van der Waals surface area contributed by atoms with Crippen LogP contribution >= 0.6 is 0 Å². The van der Waals surface area contributed by atoms with E-state index in [0.29, 0.717) is 29.9 Å². The Labute approximate surface area is 318 Å². The summed E-state index contributed by atoms with van der Waals surface area (Å²) in [6.45, 7) is 17.5. The highest BCUT2D eigenvalue weighted by molar-refractivity contribution is 6.07. The smallest absolute Gasteiger partial charge is 0.410 e. The molecule has 6 heterocycles. The average Bonchev–Trinajstić information content (AvgIpc) is 3.77. The molecule has 12 heteroatoms. The van der Waals surface area contributed by atoms with Crippen LogP contribution in [0.3, 0.4) is 0 Å². The Kier molecular flexibility index (Phi) is 9.71. The maximum Gasteiger partial charge on any atom is 0.410 e. The van der Waals surface area contributed by atoms with Gasteiger partial charge in [0.1, 0.15) is 23.5 Å². The van der Waals surface area contributed by atoms with E-state index in [-0.39, 0.29) is 17.7 Å². The van der Waals surface area contributed by atoms with Crippen LogP contribution in [0.4, 0.5) is 10.6 Å². The van der Waals surface area contributed by atoms with Gasteiger partial charge in [0.15, 0.2) is 12.0 Å². The molecule has 2 aromatic heterocycles. The molecular weight excluding hydrogens is 683 g/mol. The van der Waals surface area contributed by atoms with E-state index in [2.05, 4.69) is 48.5 Å². The lowest BCUT2D eigenvalue weighted by Crippen LogP contribution is -2.62. The van der Waals surface area contributed by atoms with Gasteiger partial charge in [0, 0.05) is 60.6 Å². The lowest BCUT2D eigenvalue weighted by molar-refractivity contribution is -0.0434. The van der Waals surface area contributed by atoms with Gasteiger partial charge in [-0.05, 0) is 115 Å². The number of carbonyl (C=O) groups is 1. The van der Waals surface area contributed by atoms with E-state index < -0.39 is 5.60 Å². The monoisotopic (exact) mass is 737 g/mol. The first-order valence-electron chi connectivity index (χ1n) is 19.7. The molecule has 4 aliphatic rings. The van der Waals surface area contributed by atoms with E-state index >= 15 is 0 Å². The summed E-state index contributed by atoms with van der Waals surface area (Å²) >= 11 is 0. The van der Waals surface area contributed by atoms with Crippen molar-refractivity contribution in [2.24, 2.45) is 5.41 Å². The molecule has 4 aliphatic heterocycles. The maximum absolute atomic E-state index is 12.8. The third kappa shape index (κ3) is 6.76. The van der Waals surface area contributed by atoms with Gasteiger partial charge in [0.2, 0.25) is 0 Å². The highest BCUT2D eigenvalue weighted by Gasteiger charge is 2.48. The minimum absolute atomic E-state index is 0.0814. The molecule has 2 aromatic carbocycles. The van der Waals surface area contributed by atoms with Gasteiger partial charge in [-0.3, -0.25) is 0 Å². The molecule has 4 aromatic rings. The van der Waals surface area contributed by atoms with Crippen LogP contribution in [0, 0.1) is 12.3 Å². The molecule has 0 saturated carbocycles. The summed E-state index contributed by atoms with van der Waals surface area (Å²) < 4.78 is 26.7. The van der Waals surface area contributed by atoms with Gasteiger partial charge in [0.05, 0.1) is 18.8 Å². The fraction of sp³-hybridized carbons (Fsp3) is 0.571. The van der Waals surface area contributed by atoms with Gasteiger partial charge < -0.3 is 33.6 Å². The van der Waals surface area contributed by atoms with Gasteiger partial charge >= 0.3 is 12.1 Å². The molecule has 1 amide bonds. The number of fused-ring (bicyclic) bond motifs is 2. The zero-order valence-corrected chi connectivity index (χ0v) is 32.8. The van der Waals surface area contributed by atoms with E-state index in [1.54, 1.807) is 7.11 Å². The first-order valence-corrected chi connectivity index (χ1v) is 19.7. The number of likely N-dealkylation sites (N-methyl/N-ethyl adjacent to an activating group) is 1. The standard InChI is InChI=1S/C42H55N7O5/c1-8-28-22-30-36(37(51-7)35(28)34-27(2)14-15-32-31(34)23-43-49(32)33-13-9-10-21-52-33)44-39(53-24-29-12-11-18-46(29)6)45-38(30)47-19-16-42(17-20-47)25-48(26-42)40(50)54-41(3,4)5/h8,14-15,22-23,29,33H,1,9-13,16-21,24-26H2,2-7H3/t29-,33?/m0/s1. The molecule has 4 saturated heterocycles. The number of aromatic nitrogens is 4. The van der Waals surface area contributed by atoms with Crippen LogP contribution in [0.1, 0.15) is 83.1 Å². The third-order valence-corrected chi connectivity index (χ3v) is 11.9. The molecule has 288 valence electrons. The van der Waals surface area contributed by atoms with Crippen LogP contribution in [-0.2, 0) is 9.47 Å². The zero-order chi connectivity index (χ0) is 37.8. The number of anilines is 1. The molecule has 12 nitrogen and oxygen atoms in total. The largest absolute Gasteiger partial charge is 0.494 e. The van der Waals surface area contributed by atoms with Gasteiger partial charge in [-0.1, -0.05) is 18.7 Å². The van der Waals surface area contributed by atoms with Crippen LogP contribution in [0.5, 0.6) is 11.8 Å². The number of rotatable bonds is 8. The second-order valence-electron chi connectivity index (χ2n) is 16.8. The highest BCUT2D eigenvalue weighted by atomic mass is 16.6. The number of aryl methyl sites for hydroxylation is 1. The minimum atomic E-state index is -0.507. The molecule has 8 rings (SSSR count). The van der Waals surface area contributed by atoms with Gasteiger partial charge in [-0.25, -0.2) is 9.48 Å². The number of hydrogen-bond donors (Lipinski definition) is 0. The number of piperidine rings is 1. The van der Waals surface area contributed by atoms with Crippen molar-refractivity contribution in [3.63, 3.8) is 0 Å². The lowest BCUT2D eigenvalue weighted by Gasteiger charge is -2.53. The van der Waals surface area contributed by atoms with E-state index in [1.807, 2.05) is 42.6 Å². The summed E-state index contributed by atoms with van der Waals surface area (Å²) in [6, 6.07) is 7.13. The third-order valence-electron chi connectivity index (χ3n) is 11.9. The minimum Gasteiger partial charge on any atom is -0.494 e. The van der Waals surface area contributed by atoms with Crippen LogP contribution in [-0.4, -0.2) is 107 Å². The number of ether oxygens (including phenoxy) is 4. The topological polar surface area (TPSA) is 107 Å². The first kappa shape index (κ1) is 36.6. The van der Waals surface area contributed by atoms with Crippen molar-refractivity contribution in [2.45, 2.75) is 90.5 Å². The Morgan fingerprint density at radius 3 is 2.52 bits per heavy atom. The van der Waals surface area contributed by atoms with Crippen LogP contribution in [0.2, 0.25) is 0 Å². The van der Waals surface area contributed by atoms with Crippen molar-refractivity contribution in [1.29, 1.82) is 0 Å². The molecule has 4 fully saturated rings. The zero-order valence-electron chi connectivity index (χ0n) is 32.8. The molecule has 1 spiro atoms. The molecule has 0 radical (unpaired) electrons. The number of amides is 1. The molecule has 0 aliphatic carbocycles. The summed E-state index contributed by atoms with van der Waals surface area (Å²) in [4.78, 5) is 29.6. The van der Waals surface area contributed by atoms with Gasteiger partial charge in [-0.2, -0.15) is 15.1 Å². The molecular formula is C42H55N7O5. The number of carbonyl (C=O) groups excluding carboxylic acids is 1. The van der Waals surface area contributed by atoms with Crippen LogP contribution in [0.25, 0.3) is 39.0 Å². The Morgan fingerprint density at radius 2 is 1.85 bits per heavy atom. The predicted octanol–water partition coefficient (Wildman–Crippen LogP) is 7.62. The average molecular weight is 738 g/mol. The fourth-order valence-corrected chi connectivity index (χ4v) is 8.94. The summed E-state index contributed by atoms with van der Waals surface area (Å²) in [6.07, 6.45) is 10.8. The number of likely N-dealkylation sites (tertiary alicyclic amines) is 2. The van der Waals surface area contributed by atoms with Crippen LogP contribution < -0.4 is 14.4 Å². The Balaban J connectivity index is 1.18. The summed E-state index contributed by atoms with van der Waals surface area (Å²) in [5.74, 6) is 1.49. The second-order valence-corrected chi connectivity index (χ2v) is 16.8. The number of benzene rings is 2. The van der Waals surface area contributed by atoms with Crippen molar-refractivity contribution < 1.29 is 23.7 Å². The van der Waals surface area contributed by atoms with E-state index in [4.69, 9.17) is 34.0 Å². The fourth-order valence-electron chi connectivity index (χ4n) is 8.94. The van der Waals surface area contributed by atoms with E-state index in [0.717, 1.165) is 129 Å².